The molecule has 0 aliphatic heterocycles. The average molecular weight is 579 g/mol. The maximum absolute atomic E-state index is 12.0. The predicted molar refractivity (Wildman–Crippen MR) is 150 cm³/mol. The van der Waals surface area contributed by atoms with Crippen LogP contribution in [0.2, 0.25) is 0 Å². The van der Waals surface area contributed by atoms with Crippen LogP contribution < -0.4 is 0 Å². The third-order valence-electron chi connectivity index (χ3n) is 5.64. The smallest absolute Gasteiger partial charge is 0.457 e. The highest BCUT2D eigenvalue weighted by atomic mass is 31.2. The Hall–Kier alpha value is -1.55. The van der Waals surface area contributed by atoms with Crippen LogP contribution >= 0.6 is 7.82 Å². The first-order valence-electron chi connectivity index (χ1n) is 14.3. The number of carbonyl (C=O) groups excluding carboxylic acids is 2. The van der Waals surface area contributed by atoms with E-state index >= 15 is 0 Å². The molecule has 0 aromatic carbocycles. The van der Waals surface area contributed by atoms with Crippen molar-refractivity contribution in [3.8, 4) is 0 Å². The minimum absolute atomic E-state index is 0.141. The molecule has 11 heteroatoms. The Morgan fingerprint density at radius 3 is 1.69 bits per heavy atom. The van der Waals surface area contributed by atoms with E-state index in [1.54, 1.807) is 6.92 Å². The molecule has 3 atom stereocenters. The predicted octanol–water partition coefficient (Wildman–Crippen LogP) is 5.54. The van der Waals surface area contributed by atoms with Gasteiger partial charge in [-0.3, -0.25) is 18.6 Å². The van der Waals surface area contributed by atoms with Crippen LogP contribution in [-0.4, -0.2) is 65.7 Å². The number of unbranched alkanes of at least 4 members (excludes halogenated alkanes) is 8. The van der Waals surface area contributed by atoms with Crippen molar-refractivity contribution >= 4 is 19.8 Å². The zero-order valence-corrected chi connectivity index (χ0v) is 24.7. The first-order chi connectivity index (χ1) is 18.8. The van der Waals surface area contributed by atoms with Gasteiger partial charge in [-0.1, -0.05) is 70.3 Å². The van der Waals surface area contributed by atoms with Crippen molar-refractivity contribution in [3.63, 3.8) is 0 Å². The van der Waals surface area contributed by atoms with Gasteiger partial charge in [0.15, 0.2) is 0 Å². The van der Waals surface area contributed by atoms with Crippen molar-refractivity contribution in [2.45, 2.75) is 116 Å². The first kappa shape index (κ1) is 37.5. The second-order valence-corrected chi connectivity index (χ2v) is 10.8. The Labute approximate surface area is 234 Å². The number of hydrogen-bond donors (Lipinski definition) is 3. The number of ether oxygens (including phenoxy) is 2. The molecule has 0 rings (SSSR count). The van der Waals surface area contributed by atoms with Gasteiger partial charge in [0.1, 0.15) is 12.2 Å². The third kappa shape index (κ3) is 24.0. The zero-order chi connectivity index (χ0) is 29.2. The van der Waals surface area contributed by atoms with Gasteiger partial charge in [0.05, 0.1) is 26.4 Å². The van der Waals surface area contributed by atoms with Gasteiger partial charge in [0.2, 0.25) is 0 Å². The van der Waals surface area contributed by atoms with Gasteiger partial charge < -0.3 is 24.6 Å². The molecule has 0 aliphatic rings. The summed E-state index contributed by atoms with van der Waals surface area (Å²) in [5, 5.41) is 18.6. The summed E-state index contributed by atoms with van der Waals surface area (Å²) in [6.07, 6.45) is 19.3. The van der Waals surface area contributed by atoms with E-state index in [1.807, 2.05) is 0 Å². The number of aliphatic hydroxyl groups excluding tert-OH is 2. The summed E-state index contributed by atoms with van der Waals surface area (Å²) < 4.78 is 31.6. The molecule has 0 aromatic heterocycles. The minimum atomic E-state index is -4.60. The summed E-state index contributed by atoms with van der Waals surface area (Å²) in [5.74, 6) is -1.09. The van der Waals surface area contributed by atoms with Crippen molar-refractivity contribution in [1.82, 2.24) is 0 Å². The highest BCUT2D eigenvalue weighted by Gasteiger charge is 2.27. The SMILES string of the molecule is CCCCC/C=C\C/C=C\CCCCCCCC(=O)OC(CO)COP(=O)(O)OCC(CO)OC(=O)CCC. The lowest BCUT2D eigenvalue weighted by atomic mass is 10.1. The van der Waals surface area contributed by atoms with Gasteiger partial charge in [-0.05, 0) is 44.9 Å². The van der Waals surface area contributed by atoms with Gasteiger partial charge in [0, 0.05) is 12.8 Å². The first-order valence-corrected chi connectivity index (χ1v) is 15.8. The molecule has 0 aromatic rings. The maximum atomic E-state index is 12.0. The molecule has 228 valence electrons. The van der Waals surface area contributed by atoms with Crippen LogP contribution in [0.4, 0.5) is 0 Å². The van der Waals surface area contributed by atoms with E-state index < -0.39 is 58.4 Å². The molecule has 3 N–H and O–H groups in total. The van der Waals surface area contributed by atoms with Gasteiger partial charge in [-0.25, -0.2) is 4.57 Å². The van der Waals surface area contributed by atoms with Gasteiger partial charge in [-0.15, -0.1) is 0 Å². The molecule has 3 unspecified atom stereocenters. The zero-order valence-electron chi connectivity index (χ0n) is 23.8. The third-order valence-corrected chi connectivity index (χ3v) is 6.59. The molecule has 10 nitrogen and oxygen atoms in total. The minimum Gasteiger partial charge on any atom is -0.457 e. The van der Waals surface area contributed by atoms with E-state index in [-0.39, 0.29) is 12.8 Å². The molecule has 0 saturated heterocycles. The molecule has 0 amide bonds. The fourth-order valence-electron chi connectivity index (χ4n) is 3.41. The molecule has 0 spiro atoms. The van der Waals surface area contributed by atoms with Crippen molar-refractivity contribution in [1.29, 1.82) is 0 Å². The quantitative estimate of drug-likeness (QED) is 0.0517. The number of hydrogen-bond acceptors (Lipinski definition) is 9. The number of phosphoric acid groups is 1. The maximum Gasteiger partial charge on any atom is 0.472 e. The van der Waals surface area contributed by atoms with Crippen LogP contribution in [0.1, 0.15) is 104 Å². The second kappa shape index (κ2) is 25.4. The molecule has 0 heterocycles. The summed E-state index contributed by atoms with van der Waals surface area (Å²) in [6.45, 7) is 1.68. The van der Waals surface area contributed by atoms with Gasteiger partial charge in [0.25, 0.3) is 0 Å². The van der Waals surface area contributed by atoms with Crippen LogP contribution in [0.15, 0.2) is 24.3 Å². The Kier molecular flexibility index (Phi) is 24.4. The van der Waals surface area contributed by atoms with Gasteiger partial charge >= 0.3 is 19.8 Å². The lowest BCUT2D eigenvalue weighted by Gasteiger charge is -2.20. The molecular weight excluding hydrogens is 527 g/mol. The fraction of sp³-hybridized carbons (Fsp3) is 0.786. The number of phosphoric ester groups is 1. The van der Waals surface area contributed by atoms with E-state index in [4.69, 9.17) is 18.5 Å². The van der Waals surface area contributed by atoms with E-state index in [0.717, 1.165) is 44.9 Å². The molecule has 0 saturated carbocycles. The number of rotatable bonds is 26. The summed E-state index contributed by atoms with van der Waals surface area (Å²) in [5.41, 5.74) is 0. The highest BCUT2D eigenvalue weighted by Crippen LogP contribution is 2.43. The summed E-state index contributed by atoms with van der Waals surface area (Å²) in [7, 11) is -4.60. The lowest BCUT2D eigenvalue weighted by Crippen LogP contribution is -2.28. The van der Waals surface area contributed by atoms with Crippen LogP contribution in [0.5, 0.6) is 0 Å². The number of esters is 2. The molecule has 0 aliphatic carbocycles. The van der Waals surface area contributed by atoms with E-state index in [2.05, 4.69) is 31.2 Å². The molecule has 0 bridgehead atoms. The van der Waals surface area contributed by atoms with Crippen LogP contribution in [0.25, 0.3) is 0 Å². The number of aliphatic hydroxyl groups is 2. The molecule has 0 radical (unpaired) electrons. The Morgan fingerprint density at radius 2 is 1.18 bits per heavy atom. The molecular formula is C28H51O10P. The average Bonchev–Trinajstić information content (AvgIpc) is 2.91. The fourth-order valence-corrected chi connectivity index (χ4v) is 4.20. The largest absolute Gasteiger partial charge is 0.472 e. The monoisotopic (exact) mass is 578 g/mol. The van der Waals surface area contributed by atoms with Gasteiger partial charge in [-0.2, -0.15) is 0 Å². The topological polar surface area (TPSA) is 149 Å². The Bertz CT molecular complexity index is 725. The van der Waals surface area contributed by atoms with Crippen molar-refractivity contribution in [2.24, 2.45) is 0 Å². The number of carbonyl (C=O) groups is 2. The van der Waals surface area contributed by atoms with E-state index in [9.17, 15) is 29.3 Å². The molecule has 39 heavy (non-hydrogen) atoms. The normalized spacial score (nSPS) is 14.9. The van der Waals surface area contributed by atoms with Crippen molar-refractivity contribution in [3.05, 3.63) is 24.3 Å². The lowest BCUT2D eigenvalue weighted by molar-refractivity contribution is -0.153. The van der Waals surface area contributed by atoms with Crippen molar-refractivity contribution in [2.75, 3.05) is 26.4 Å². The van der Waals surface area contributed by atoms with Crippen molar-refractivity contribution < 1.29 is 47.8 Å². The standard InChI is InChI=1S/C28H51O10P/c1-3-5-6-7-8-9-10-11-12-13-14-15-16-17-18-20-28(32)38-26(22-30)24-36-39(33,34)35-23-25(21-29)37-27(31)19-4-2/h8-9,11-12,25-26,29-30H,3-7,10,13-24H2,1-2H3,(H,33,34)/b9-8-,12-11-. The summed E-state index contributed by atoms with van der Waals surface area (Å²) in [6, 6.07) is 0. The van der Waals surface area contributed by atoms with E-state index in [1.165, 1.54) is 19.3 Å². The second-order valence-electron chi connectivity index (χ2n) is 9.38. The van der Waals surface area contributed by atoms with E-state index in [0.29, 0.717) is 12.8 Å². The number of allylic oxidation sites excluding steroid dienone is 4. The molecule has 0 fully saturated rings. The van der Waals surface area contributed by atoms with Crippen LogP contribution in [-0.2, 0) is 32.7 Å². The summed E-state index contributed by atoms with van der Waals surface area (Å²) in [4.78, 5) is 33.3. The van der Waals surface area contributed by atoms with Crippen LogP contribution in [0.3, 0.4) is 0 Å². The highest BCUT2D eigenvalue weighted by molar-refractivity contribution is 7.47. The summed E-state index contributed by atoms with van der Waals surface area (Å²) >= 11 is 0. The Balaban J connectivity index is 3.97. The Morgan fingerprint density at radius 1 is 0.692 bits per heavy atom. The van der Waals surface area contributed by atoms with Crippen LogP contribution in [0, 0.1) is 0 Å².